The molecule has 98 valence electrons. The van der Waals surface area contributed by atoms with Crippen molar-refractivity contribution >= 4 is 21.8 Å². The molecule has 1 saturated carbocycles. The minimum atomic E-state index is -0.0165. The third-order valence-electron chi connectivity index (χ3n) is 4.04. The molecule has 1 saturated heterocycles. The number of ether oxygens (including phenoxy) is 1. The van der Waals surface area contributed by atoms with Crippen LogP contribution in [-0.2, 0) is 9.53 Å². The molecule has 0 aromatic rings. The molecule has 3 atom stereocenters. The van der Waals surface area contributed by atoms with Gasteiger partial charge in [0.2, 0.25) is 5.91 Å². The van der Waals surface area contributed by atoms with Crippen LogP contribution < -0.4 is 5.32 Å². The van der Waals surface area contributed by atoms with Gasteiger partial charge in [-0.2, -0.15) is 0 Å². The van der Waals surface area contributed by atoms with Gasteiger partial charge < -0.3 is 10.1 Å². The molecule has 1 heterocycles. The molecule has 17 heavy (non-hydrogen) atoms. The number of amides is 1. The molecule has 0 spiro atoms. The molecule has 2 fully saturated rings. The molecule has 1 amide bonds. The third-order valence-corrected chi connectivity index (χ3v) is 5.11. The summed E-state index contributed by atoms with van der Waals surface area (Å²) in [6.45, 7) is 3.61. The van der Waals surface area contributed by atoms with Gasteiger partial charge in [-0.1, -0.05) is 35.7 Å². The maximum absolute atomic E-state index is 12.2. The minimum Gasteiger partial charge on any atom is -0.381 e. The quantitative estimate of drug-likeness (QED) is 0.814. The van der Waals surface area contributed by atoms with Crippen LogP contribution in [0.4, 0.5) is 0 Å². The normalized spacial score (nSPS) is 38.0. The summed E-state index contributed by atoms with van der Waals surface area (Å²) in [4.78, 5) is 12.2. The SMILES string of the molecule is CC1CCCC(CBr)(NC(=O)C2CCOC2)C1. The number of nitrogens with one attached hydrogen (secondary N) is 1. The molecule has 0 aromatic heterocycles. The van der Waals surface area contributed by atoms with E-state index in [9.17, 15) is 4.79 Å². The van der Waals surface area contributed by atoms with Gasteiger partial charge in [0.1, 0.15) is 0 Å². The highest BCUT2D eigenvalue weighted by molar-refractivity contribution is 9.09. The van der Waals surface area contributed by atoms with Gasteiger partial charge in [0.25, 0.3) is 0 Å². The zero-order valence-electron chi connectivity index (χ0n) is 10.5. The first-order valence-corrected chi connectivity index (χ1v) is 7.73. The van der Waals surface area contributed by atoms with Crippen LogP contribution in [0.15, 0.2) is 0 Å². The van der Waals surface area contributed by atoms with E-state index >= 15 is 0 Å². The summed E-state index contributed by atoms with van der Waals surface area (Å²) in [5, 5.41) is 4.15. The zero-order valence-corrected chi connectivity index (χ0v) is 12.1. The standard InChI is InChI=1S/C13H22BrNO2/c1-10-3-2-5-13(7-10,9-14)15-12(16)11-4-6-17-8-11/h10-11H,2-9H2,1H3,(H,15,16). The second-order valence-electron chi connectivity index (χ2n) is 5.67. The first-order chi connectivity index (χ1) is 8.15. The lowest BCUT2D eigenvalue weighted by atomic mass is 9.77. The van der Waals surface area contributed by atoms with Crippen molar-refractivity contribution in [2.45, 2.75) is 44.6 Å². The van der Waals surface area contributed by atoms with E-state index < -0.39 is 0 Å². The summed E-state index contributed by atoms with van der Waals surface area (Å²) in [6.07, 6.45) is 5.57. The van der Waals surface area contributed by atoms with Gasteiger partial charge in [0, 0.05) is 17.5 Å². The van der Waals surface area contributed by atoms with Crippen molar-refractivity contribution in [3.63, 3.8) is 0 Å². The summed E-state index contributed by atoms with van der Waals surface area (Å²) in [5.74, 6) is 0.973. The van der Waals surface area contributed by atoms with Crippen molar-refractivity contribution in [2.75, 3.05) is 18.5 Å². The van der Waals surface area contributed by atoms with Gasteiger partial charge in [-0.15, -0.1) is 0 Å². The van der Waals surface area contributed by atoms with Crippen LogP contribution in [0.5, 0.6) is 0 Å². The summed E-state index contributed by atoms with van der Waals surface area (Å²) < 4.78 is 5.28. The number of rotatable bonds is 3. The van der Waals surface area contributed by atoms with Gasteiger partial charge in [-0.3, -0.25) is 4.79 Å². The molecule has 3 nitrogen and oxygen atoms in total. The maximum atomic E-state index is 12.2. The molecular weight excluding hydrogens is 282 g/mol. The predicted octanol–water partition coefficient (Wildman–Crippen LogP) is 2.48. The van der Waals surface area contributed by atoms with Crippen LogP contribution in [0.1, 0.15) is 39.0 Å². The van der Waals surface area contributed by atoms with Gasteiger partial charge in [0.05, 0.1) is 12.5 Å². The Morgan fingerprint density at radius 3 is 2.94 bits per heavy atom. The minimum absolute atomic E-state index is 0.0165. The number of halogens is 1. The second-order valence-corrected chi connectivity index (χ2v) is 6.23. The van der Waals surface area contributed by atoms with Crippen molar-refractivity contribution in [1.29, 1.82) is 0 Å². The number of alkyl halides is 1. The molecule has 0 bridgehead atoms. The van der Waals surface area contributed by atoms with Crippen LogP contribution >= 0.6 is 15.9 Å². The number of carbonyl (C=O) groups is 1. The number of carbonyl (C=O) groups excluding carboxylic acids is 1. The van der Waals surface area contributed by atoms with E-state index in [1.165, 1.54) is 12.8 Å². The lowest BCUT2D eigenvalue weighted by molar-refractivity contribution is -0.127. The topological polar surface area (TPSA) is 38.3 Å². The monoisotopic (exact) mass is 303 g/mol. The van der Waals surface area contributed by atoms with Crippen LogP contribution in [0.25, 0.3) is 0 Å². The average molecular weight is 304 g/mol. The Kier molecular flexibility index (Phi) is 4.47. The van der Waals surface area contributed by atoms with Crippen molar-refractivity contribution in [1.82, 2.24) is 5.32 Å². The molecular formula is C13H22BrNO2. The fourth-order valence-corrected chi connectivity index (χ4v) is 3.68. The lowest BCUT2D eigenvalue weighted by Gasteiger charge is -2.40. The van der Waals surface area contributed by atoms with E-state index in [4.69, 9.17) is 4.74 Å². The van der Waals surface area contributed by atoms with Gasteiger partial charge >= 0.3 is 0 Å². The highest BCUT2D eigenvalue weighted by Gasteiger charge is 2.37. The predicted molar refractivity (Wildman–Crippen MR) is 71.2 cm³/mol. The summed E-state index contributed by atoms with van der Waals surface area (Å²) in [5.41, 5.74) is -0.0165. The van der Waals surface area contributed by atoms with Crippen molar-refractivity contribution < 1.29 is 9.53 Å². The maximum Gasteiger partial charge on any atom is 0.225 e. The van der Waals surface area contributed by atoms with E-state index in [-0.39, 0.29) is 17.4 Å². The fourth-order valence-electron chi connectivity index (χ4n) is 3.03. The molecule has 0 aromatic carbocycles. The Labute approximate surface area is 112 Å². The van der Waals surface area contributed by atoms with Crippen molar-refractivity contribution in [3.8, 4) is 0 Å². The zero-order chi connectivity index (χ0) is 12.3. The largest absolute Gasteiger partial charge is 0.381 e. The van der Waals surface area contributed by atoms with E-state index in [0.717, 1.165) is 31.2 Å². The summed E-state index contributed by atoms with van der Waals surface area (Å²) >= 11 is 3.59. The van der Waals surface area contributed by atoms with Gasteiger partial charge in [0.15, 0.2) is 0 Å². The second kappa shape index (κ2) is 5.70. The molecule has 3 unspecified atom stereocenters. The van der Waals surface area contributed by atoms with Crippen LogP contribution in [0, 0.1) is 11.8 Å². The third kappa shape index (κ3) is 3.22. The Morgan fingerprint density at radius 2 is 2.35 bits per heavy atom. The molecule has 2 rings (SSSR count). The smallest absolute Gasteiger partial charge is 0.225 e. The van der Waals surface area contributed by atoms with Crippen molar-refractivity contribution in [3.05, 3.63) is 0 Å². The van der Waals surface area contributed by atoms with Crippen LogP contribution in [0.2, 0.25) is 0 Å². The first-order valence-electron chi connectivity index (χ1n) is 6.61. The van der Waals surface area contributed by atoms with E-state index in [0.29, 0.717) is 12.5 Å². The highest BCUT2D eigenvalue weighted by Crippen LogP contribution is 2.34. The summed E-state index contributed by atoms with van der Waals surface area (Å²) in [6, 6.07) is 0. The molecule has 1 aliphatic heterocycles. The first kappa shape index (κ1) is 13.3. The molecule has 2 aliphatic rings. The molecule has 0 radical (unpaired) electrons. The van der Waals surface area contributed by atoms with Crippen LogP contribution in [0.3, 0.4) is 0 Å². The number of hydrogen-bond acceptors (Lipinski definition) is 2. The van der Waals surface area contributed by atoms with E-state index in [2.05, 4.69) is 28.2 Å². The van der Waals surface area contributed by atoms with Gasteiger partial charge in [-0.05, 0) is 25.2 Å². The van der Waals surface area contributed by atoms with E-state index in [1.807, 2.05) is 0 Å². The average Bonchev–Trinajstić information content (AvgIpc) is 2.82. The fraction of sp³-hybridized carbons (Fsp3) is 0.923. The van der Waals surface area contributed by atoms with Crippen molar-refractivity contribution in [2.24, 2.45) is 11.8 Å². The Hall–Kier alpha value is -0.0900. The van der Waals surface area contributed by atoms with E-state index in [1.54, 1.807) is 0 Å². The Balaban J connectivity index is 1.95. The molecule has 4 heteroatoms. The Morgan fingerprint density at radius 1 is 1.53 bits per heavy atom. The van der Waals surface area contributed by atoms with Crippen LogP contribution in [-0.4, -0.2) is 30.0 Å². The highest BCUT2D eigenvalue weighted by atomic mass is 79.9. The summed E-state index contributed by atoms with van der Waals surface area (Å²) in [7, 11) is 0. The molecule has 1 N–H and O–H groups in total. The lowest BCUT2D eigenvalue weighted by Crippen LogP contribution is -2.54. The van der Waals surface area contributed by atoms with Gasteiger partial charge in [-0.25, -0.2) is 0 Å². The molecule has 1 aliphatic carbocycles. The Bertz CT molecular complexity index is 279. The number of hydrogen-bond donors (Lipinski definition) is 1.